The minimum atomic E-state index is -2.12. The summed E-state index contributed by atoms with van der Waals surface area (Å²) in [6.45, 7) is 0. The molecule has 0 bridgehead atoms. The van der Waals surface area contributed by atoms with Gasteiger partial charge in [-0.3, -0.25) is 5.50 Å². The van der Waals surface area contributed by atoms with Gasteiger partial charge in [0.15, 0.2) is 11.3 Å². The molecule has 0 amide bonds. The van der Waals surface area contributed by atoms with E-state index in [-0.39, 0.29) is 0 Å². The Balaban J connectivity index is 0.000000399. The molecule has 2 rings (SSSR count). The molecule has 0 atom stereocenters. The Bertz CT molecular complexity index is 594. The molecule has 8 heteroatoms. The summed E-state index contributed by atoms with van der Waals surface area (Å²) in [7, 11) is 0.916. The van der Waals surface area contributed by atoms with Gasteiger partial charge >= 0.3 is 5.63 Å². The molecule has 0 spiro atoms. The fourth-order valence-corrected chi connectivity index (χ4v) is 1.44. The molecule has 0 aliphatic rings. The van der Waals surface area contributed by atoms with E-state index in [4.69, 9.17) is 23.7 Å². The highest BCUT2D eigenvalue weighted by molar-refractivity contribution is 7.42. The first-order valence-corrected chi connectivity index (χ1v) is 6.38. The van der Waals surface area contributed by atoms with Crippen LogP contribution < -0.4 is 20.6 Å². The van der Waals surface area contributed by atoms with E-state index < -0.39 is 14.2 Å². The number of fused-ring (bicyclic) bond motifs is 1. The average Bonchev–Trinajstić information content (AvgIpc) is 2.36. The topological polar surface area (TPSA) is 115 Å². The molecule has 0 fully saturated rings. The van der Waals surface area contributed by atoms with E-state index in [9.17, 15) is 4.79 Å². The molecule has 1 aromatic heterocycles. The molecule has 0 unspecified atom stereocenters. The van der Waals surface area contributed by atoms with Gasteiger partial charge in [0.2, 0.25) is 14.3 Å². The molecule has 0 aliphatic heterocycles. The number of nitrogens with two attached hydrogens (primary N) is 1. The van der Waals surface area contributed by atoms with Crippen LogP contribution in [0.5, 0.6) is 11.5 Å². The second kappa shape index (κ2) is 7.06. The zero-order valence-electron chi connectivity index (χ0n) is 10.4. The Morgan fingerprint density at radius 3 is 2.26 bits per heavy atom. The van der Waals surface area contributed by atoms with Crippen molar-refractivity contribution in [2.24, 2.45) is 5.50 Å². The van der Waals surface area contributed by atoms with Crippen molar-refractivity contribution < 1.29 is 23.7 Å². The van der Waals surface area contributed by atoms with E-state index in [1.165, 1.54) is 20.3 Å². The van der Waals surface area contributed by atoms with Crippen LogP contribution in [-0.2, 0) is 0 Å². The van der Waals surface area contributed by atoms with Crippen LogP contribution in [0.4, 0.5) is 0 Å². The lowest BCUT2D eigenvalue weighted by Crippen LogP contribution is -1.97. The first kappa shape index (κ1) is 15.4. The van der Waals surface area contributed by atoms with Crippen LogP contribution in [0.15, 0.2) is 33.5 Å². The molecule has 0 saturated heterocycles. The SMILES string of the molecule is COc1ccc2ccc(=O)oc2c1OC.NP(O)O. The molecule has 104 valence electrons. The van der Waals surface area contributed by atoms with E-state index in [1.807, 2.05) is 0 Å². The molecule has 7 nitrogen and oxygen atoms in total. The van der Waals surface area contributed by atoms with Crippen molar-refractivity contribution in [3.05, 3.63) is 34.7 Å². The zero-order chi connectivity index (χ0) is 14.4. The minimum Gasteiger partial charge on any atom is -0.493 e. The molecule has 19 heavy (non-hydrogen) atoms. The Hall–Kier alpha value is -1.66. The quantitative estimate of drug-likeness (QED) is 0.556. The predicted octanol–water partition coefficient (Wildman–Crippen LogP) is 0.967. The van der Waals surface area contributed by atoms with Gasteiger partial charge in [0.1, 0.15) is 0 Å². The van der Waals surface area contributed by atoms with Gasteiger partial charge in [-0.25, -0.2) is 4.79 Å². The van der Waals surface area contributed by atoms with Gasteiger partial charge in [0.25, 0.3) is 0 Å². The van der Waals surface area contributed by atoms with Gasteiger partial charge in [0, 0.05) is 11.5 Å². The van der Waals surface area contributed by atoms with Crippen LogP contribution in [0.1, 0.15) is 0 Å². The van der Waals surface area contributed by atoms with Gasteiger partial charge in [-0.1, -0.05) is 0 Å². The highest BCUT2D eigenvalue weighted by Gasteiger charge is 2.10. The maximum Gasteiger partial charge on any atom is 0.336 e. The zero-order valence-corrected chi connectivity index (χ0v) is 11.3. The third kappa shape index (κ3) is 4.18. The second-order valence-corrected chi connectivity index (χ2v) is 3.94. The number of benzene rings is 1. The molecule has 0 radical (unpaired) electrons. The molecular weight excluding hydrogens is 273 g/mol. The van der Waals surface area contributed by atoms with Gasteiger partial charge in [-0.05, 0) is 18.2 Å². The van der Waals surface area contributed by atoms with Crippen molar-refractivity contribution >= 4 is 19.5 Å². The Labute approximate surface area is 110 Å². The van der Waals surface area contributed by atoms with Crippen molar-refractivity contribution in [2.45, 2.75) is 0 Å². The fourth-order valence-electron chi connectivity index (χ4n) is 1.44. The molecule has 1 heterocycles. The lowest BCUT2D eigenvalue weighted by molar-refractivity contribution is 0.352. The fraction of sp³-hybridized carbons (Fsp3) is 0.182. The van der Waals surface area contributed by atoms with Crippen molar-refractivity contribution in [1.82, 2.24) is 0 Å². The highest BCUT2D eigenvalue weighted by Crippen LogP contribution is 2.34. The molecule has 2 aromatic rings. The summed E-state index contributed by atoms with van der Waals surface area (Å²) in [6, 6.07) is 6.62. The summed E-state index contributed by atoms with van der Waals surface area (Å²) >= 11 is 0. The number of methoxy groups -OCH3 is 2. The molecular formula is C11H14NO6P. The van der Waals surface area contributed by atoms with Crippen LogP contribution in [0.25, 0.3) is 11.0 Å². The van der Waals surface area contributed by atoms with Gasteiger partial charge in [-0.15, -0.1) is 0 Å². The number of ether oxygens (including phenoxy) is 2. The molecule has 0 saturated carbocycles. The largest absolute Gasteiger partial charge is 0.493 e. The van der Waals surface area contributed by atoms with Crippen molar-refractivity contribution in [2.75, 3.05) is 14.2 Å². The maximum absolute atomic E-state index is 11.1. The maximum atomic E-state index is 11.1. The van der Waals surface area contributed by atoms with Crippen LogP contribution in [0, 0.1) is 0 Å². The average molecular weight is 287 g/mol. The lowest BCUT2D eigenvalue weighted by atomic mass is 10.2. The molecule has 4 N–H and O–H groups in total. The Morgan fingerprint density at radius 2 is 1.74 bits per heavy atom. The first-order valence-electron chi connectivity index (χ1n) is 5.07. The number of hydrogen-bond donors (Lipinski definition) is 3. The normalized spacial score (nSPS) is 10.0. The van der Waals surface area contributed by atoms with Crippen molar-refractivity contribution in [1.29, 1.82) is 0 Å². The van der Waals surface area contributed by atoms with E-state index in [1.54, 1.807) is 18.2 Å². The summed E-state index contributed by atoms with van der Waals surface area (Å²) in [5.41, 5.74) is 4.29. The van der Waals surface area contributed by atoms with E-state index in [0.29, 0.717) is 17.1 Å². The standard InChI is InChI=1S/C11H10O4.H4NO2P/c1-13-8-5-3-7-4-6-9(12)15-10(7)11(8)14-2;1-4(2)3/h3-6H,1-2H3;2-3H,1H2. The minimum absolute atomic E-state index is 0.407. The van der Waals surface area contributed by atoms with E-state index in [2.05, 4.69) is 5.50 Å². The summed E-state index contributed by atoms with van der Waals surface area (Å²) < 4.78 is 15.3. The van der Waals surface area contributed by atoms with Crippen LogP contribution in [0.3, 0.4) is 0 Å². The third-order valence-corrected chi connectivity index (χ3v) is 2.13. The van der Waals surface area contributed by atoms with Gasteiger partial charge in [-0.2, -0.15) is 0 Å². The second-order valence-electron chi connectivity index (χ2n) is 3.29. The third-order valence-electron chi connectivity index (χ3n) is 2.13. The van der Waals surface area contributed by atoms with Crippen LogP contribution >= 0.6 is 8.53 Å². The van der Waals surface area contributed by atoms with Crippen LogP contribution in [0.2, 0.25) is 0 Å². The Morgan fingerprint density at radius 1 is 1.16 bits per heavy atom. The summed E-state index contributed by atoms with van der Waals surface area (Å²) in [5.74, 6) is 0.979. The van der Waals surface area contributed by atoms with Crippen molar-refractivity contribution in [3.63, 3.8) is 0 Å². The van der Waals surface area contributed by atoms with Gasteiger partial charge < -0.3 is 23.7 Å². The molecule has 0 aliphatic carbocycles. The smallest absolute Gasteiger partial charge is 0.336 e. The monoisotopic (exact) mass is 287 g/mol. The molecule has 1 aromatic carbocycles. The van der Waals surface area contributed by atoms with Crippen molar-refractivity contribution in [3.8, 4) is 11.5 Å². The number of rotatable bonds is 2. The van der Waals surface area contributed by atoms with Crippen LogP contribution in [-0.4, -0.2) is 24.0 Å². The lowest BCUT2D eigenvalue weighted by Gasteiger charge is -2.08. The summed E-state index contributed by atoms with van der Waals surface area (Å²) in [4.78, 5) is 26.0. The first-order chi connectivity index (χ1) is 8.99. The van der Waals surface area contributed by atoms with Gasteiger partial charge in [0.05, 0.1) is 14.2 Å². The highest BCUT2D eigenvalue weighted by atomic mass is 31.2. The Kier molecular flexibility index (Phi) is 5.72. The number of hydrogen-bond acceptors (Lipinski definition) is 7. The van der Waals surface area contributed by atoms with E-state index >= 15 is 0 Å². The summed E-state index contributed by atoms with van der Waals surface area (Å²) in [5, 5.41) is 0.798. The van der Waals surface area contributed by atoms with E-state index in [0.717, 1.165) is 5.39 Å². The predicted molar refractivity (Wildman–Crippen MR) is 71.1 cm³/mol. The summed E-state index contributed by atoms with van der Waals surface area (Å²) in [6.07, 6.45) is 0.